The van der Waals surface area contributed by atoms with E-state index in [4.69, 9.17) is 13.6 Å². The Morgan fingerprint density at radius 1 is 0.973 bits per heavy atom. The molecule has 0 unspecified atom stereocenters. The second-order valence-corrected chi connectivity index (χ2v) is 8.31. The van der Waals surface area contributed by atoms with Crippen molar-refractivity contribution < 1.29 is 23.2 Å². The maximum absolute atomic E-state index is 13.8. The third-order valence-electron chi connectivity index (χ3n) is 5.94. The molecule has 10 nitrogen and oxygen atoms in total. The van der Waals surface area contributed by atoms with Crippen LogP contribution in [0.25, 0.3) is 11.0 Å². The molecular formula is C27H25N5O5. The van der Waals surface area contributed by atoms with Crippen LogP contribution in [0.2, 0.25) is 0 Å². The first kappa shape index (κ1) is 23.9. The van der Waals surface area contributed by atoms with Crippen LogP contribution in [0.3, 0.4) is 0 Å². The Hall–Kier alpha value is -4.86. The average Bonchev–Trinajstić information content (AvgIpc) is 3.71. The molecule has 2 aromatic carbocycles. The number of benzene rings is 2. The second-order valence-electron chi connectivity index (χ2n) is 8.31. The van der Waals surface area contributed by atoms with Gasteiger partial charge in [0, 0.05) is 0 Å². The van der Waals surface area contributed by atoms with Gasteiger partial charge in [-0.05, 0) is 54.1 Å². The molecule has 1 N–H and O–H groups in total. The molecule has 0 saturated heterocycles. The zero-order valence-electron chi connectivity index (χ0n) is 20.1. The molecule has 3 aromatic heterocycles. The number of hydrogen-bond donors (Lipinski definition) is 1. The summed E-state index contributed by atoms with van der Waals surface area (Å²) in [6.45, 7) is 0.137. The standard InChI is InChI=1S/C27H25N5O5/c1-35-20-12-10-19(11-13-20)26(27(34)28-16-21-6-4-14-36-21)31(17-22-7-5-15-37-22)25(33)18-32-24-9-3-2-8-23(24)29-30-32/h2-15,26H,16-18H2,1H3,(H,28,34)/t26-/m0/s1. The normalized spacial score (nSPS) is 11.8. The molecule has 0 bridgehead atoms. The number of ether oxygens (including phenoxy) is 1. The molecule has 0 aliphatic carbocycles. The number of nitrogens with zero attached hydrogens (tertiary/aromatic N) is 4. The van der Waals surface area contributed by atoms with Crippen LogP contribution in [0, 0.1) is 0 Å². The average molecular weight is 500 g/mol. The molecule has 10 heteroatoms. The quantitative estimate of drug-likeness (QED) is 0.311. The van der Waals surface area contributed by atoms with Crippen molar-refractivity contribution in [2.24, 2.45) is 0 Å². The SMILES string of the molecule is COc1ccc([C@@H](C(=O)NCc2ccco2)N(Cc2ccco2)C(=O)Cn2nnc3ccccc32)cc1. The molecule has 188 valence electrons. The zero-order chi connectivity index (χ0) is 25.6. The summed E-state index contributed by atoms with van der Waals surface area (Å²) in [5.41, 5.74) is 2.01. The lowest BCUT2D eigenvalue weighted by atomic mass is 10.0. The first-order valence-electron chi connectivity index (χ1n) is 11.7. The summed E-state index contributed by atoms with van der Waals surface area (Å²) >= 11 is 0. The second kappa shape index (κ2) is 10.8. The number of rotatable bonds is 10. The van der Waals surface area contributed by atoms with Crippen molar-refractivity contribution in [3.8, 4) is 5.75 Å². The Morgan fingerprint density at radius 3 is 2.41 bits per heavy atom. The van der Waals surface area contributed by atoms with Crippen LogP contribution < -0.4 is 10.1 Å². The maximum Gasteiger partial charge on any atom is 0.247 e. The Morgan fingerprint density at radius 2 is 1.70 bits per heavy atom. The summed E-state index contributed by atoms with van der Waals surface area (Å²) < 4.78 is 17.7. The Bertz CT molecular complexity index is 1460. The summed E-state index contributed by atoms with van der Waals surface area (Å²) in [5.74, 6) is 1.07. The molecule has 5 aromatic rings. The molecule has 2 amide bonds. The van der Waals surface area contributed by atoms with Gasteiger partial charge in [0.05, 0.1) is 38.2 Å². The Labute approximate surface area is 212 Å². The molecule has 3 heterocycles. The monoisotopic (exact) mass is 499 g/mol. The van der Waals surface area contributed by atoms with Gasteiger partial charge in [0.1, 0.15) is 35.4 Å². The number of methoxy groups -OCH3 is 1. The predicted octanol–water partition coefficient (Wildman–Crippen LogP) is 3.71. The first-order chi connectivity index (χ1) is 18.1. The lowest BCUT2D eigenvalue weighted by molar-refractivity contribution is -0.142. The summed E-state index contributed by atoms with van der Waals surface area (Å²) in [7, 11) is 1.57. The number of carbonyl (C=O) groups excluding carboxylic acids is 2. The highest BCUT2D eigenvalue weighted by molar-refractivity contribution is 5.89. The summed E-state index contributed by atoms with van der Waals surface area (Å²) in [6.07, 6.45) is 3.07. The molecule has 0 aliphatic heterocycles. The van der Waals surface area contributed by atoms with Gasteiger partial charge in [0.2, 0.25) is 11.8 Å². The van der Waals surface area contributed by atoms with Gasteiger partial charge in [0.25, 0.3) is 0 Å². The number of para-hydroxylation sites is 1. The molecule has 0 spiro atoms. The van der Waals surface area contributed by atoms with E-state index in [1.807, 2.05) is 24.3 Å². The minimum absolute atomic E-state index is 0.0727. The molecule has 1 atom stereocenters. The van der Waals surface area contributed by atoms with E-state index in [1.165, 1.54) is 22.1 Å². The van der Waals surface area contributed by atoms with E-state index in [0.717, 1.165) is 5.52 Å². The summed E-state index contributed by atoms with van der Waals surface area (Å²) in [5, 5.41) is 11.2. The fraction of sp³-hybridized carbons (Fsp3) is 0.185. The third kappa shape index (κ3) is 5.37. The van der Waals surface area contributed by atoms with Crippen LogP contribution in [0.1, 0.15) is 23.1 Å². The van der Waals surface area contributed by atoms with E-state index in [9.17, 15) is 9.59 Å². The van der Waals surface area contributed by atoms with Gasteiger partial charge in [-0.25, -0.2) is 4.68 Å². The highest BCUT2D eigenvalue weighted by atomic mass is 16.5. The first-order valence-corrected chi connectivity index (χ1v) is 11.7. The van der Waals surface area contributed by atoms with Gasteiger partial charge in [-0.1, -0.05) is 29.5 Å². The predicted molar refractivity (Wildman–Crippen MR) is 133 cm³/mol. The number of fused-ring (bicyclic) bond motifs is 1. The largest absolute Gasteiger partial charge is 0.497 e. The van der Waals surface area contributed by atoms with Crippen molar-refractivity contribution in [3.63, 3.8) is 0 Å². The third-order valence-corrected chi connectivity index (χ3v) is 5.94. The van der Waals surface area contributed by atoms with E-state index >= 15 is 0 Å². The van der Waals surface area contributed by atoms with Crippen molar-refractivity contribution in [1.82, 2.24) is 25.2 Å². The molecule has 0 fully saturated rings. The highest BCUT2D eigenvalue weighted by Crippen LogP contribution is 2.27. The van der Waals surface area contributed by atoms with Crippen LogP contribution >= 0.6 is 0 Å². The van der Waals surface area contributed by atoms with Crippen molar-refractivity contribution in [2.45, 2.75) is 25.7 Å². The number of carbonyl (C=O) groups is 2. The number of furan rings is 2. The van der Waals surface area contributed by atoms with Crippen LogP contribution in [-0.4, -0.2) is 38.8 Å². The number of hydrogen-bond acceptors (Lipinski definition) is 7. The number of aromatic nitrogens is 3. The van der Waals surface area contributed by atoms with Gasteiger partial charge in [-0.15, -0.1) is 5.10 Å². The summed E-state index contributed by atoms with van der Waals surface area (Å²) in [6, 6.07) is 20.5. The fourth-order valence-electron chi connectivity index (χ4n) is 4.09. The van der Waals surface area contributed by atoms with Gasteiger partial charge >= 0.3 is 0 Å². The van der Waals surface area contributed by atoms with Gasteiger partial charge in [-0.3, -0.25) is 9.59 Å². The van der Waals surface area contributed by atoms with Crippen molar-refractivity contribution in [2.75, 3.05) is 7.11 Å². The molecule has 0 radical (unpaired) electrons. The lowest BCUT2D eigenvalue weighted by Gasteiger charge is -2.31. The van der Waals surface area contributed by atoms with E-state index in [0.29, 0.717) is 28.4 Å². The van der Waals surface area contributed by atoms with Crippen LogP contribution in [0.15, 0.2) is 94.2 Å². The van der Waals surface area contributed by atoms with Gasteiger partial charge in [-0.2, -0.15) is 0 Å². The smallest absolute Gasteiger partial charge is 0.247 e. The minimum atomic E-state index is -0.965. The Balaban J connectivity index is 1.49. The minimum Gasteiger partial charge on any atom is -0.497 e. The number of nitrogens with one attached hydrogen (secondary N) is 1. The molecular weight excluding hydrogens is 474 g/mol. The lowest BCUT2D eigenvalue weighted by Crippen LogP contribution is -2.44. The fourth-order valence-corrected chi connectivity index (χ4v) is 4.09. The van der Waals surface area contributed by atoms with Gasteiger partial charge < -0.3 is 23.8 Å². The molecule has 37 heavy (non-hydrogen) atoms. The van der Waals surface area contributed by atoms with Crippen LogP contribution in [0.5, 0.6) is 5.75 Å². The van der Waals surface area contributed by atoms with E-state index < -0.39 is 6.04 Å². The van der Waals surface area contributed by atoms with Crippen molar-refractivity contribution in [1.29, 1.82) is 0 Å². The number of amides is 2. The zero-order valence-corrected chi connectivity index (χ0v) is 20.1. The van der Waals surface area contributed by atoms with Gasteiger partial charge in [0.15, 0.2) is 0 Å². The molecule has 5 rings (SSSR count). The Kier molecular flexibility index (Phi) is 6.98. The van der Waals surface area contributed by atoms with E-state index in [-0.39, 0.29) is 31.4 Å². The van der Waals surface area contributed by atoms with Crippen LogP contribution in [-0.2, 0) is 29.2 Å². The van der Waals surface area contributed by atoms with E-state index in [2.05, 4.69) is 15.6 Å². The van der Waals surface area contributed by atoms with Crippen LogP contribution in [0.4, 0.5) is 0 Å². The summed E-state index contributed by atoms with van der Waals surface area (Å²) in [4.78, 5) is 28.9. The molecule has 0 saturated carbocycles. The van der Waals surface area contributed by atoms with Crippen molar-refractivity contribution in [3.05, 3.63) is 102 Å². The molecule has 0 aliphatic rings. The van der Waals surface area contributed by atoms with Crippen molar-refractivity contribution >= 4 is 22.8 Å². The van der Waals surface area contributed by atoms with E-state index in [1.54, 1.807) is 55.6 Å². The maximum atomic E-state index is 13.8. The highest BCUT2D eigenvalue weighted by Gasteiger charge is 2.33. The topological polar surface area (TPSA) is 116 Å².